The Morgan fingerprint density at radius 1 is 1.31 bits per heavy atom. The Balaban J connectivity index is 2.17. The van der Waals surface area contributed by atoms with E-state index in [1.165, 1.54) is 4.70 Å². The van der Waals surface area contributed by atoms with Crippen molar-refractivity contribution in [2.75, 3.05) is 5.73 Å². The molecule has 0 unspecified atom stereocenters. The maximum absolute atomic E-state index is 5.58. The minimum atomic E-state index is 0.504. The summed E-state index contributed by atoms with van der Waals surface area (Å²) in [5.41, 5.74) is 8.58. The van der Waals surface area contributed by atoms with Gasteiger partial charge in [0.05, 0.1) is 20.9 Å². The maximum Gasteiger partial charge on any atom is 0.145 e. The molecule has 3 rings (SSSR count). The number of rotatable bonds is 1. The minimum Gasteiger partial charge on any atom is -0.382 e. The highest BCUT2D eigenvalue weighted by Crippen LogP contribution is 2.27. The topological polar surface area (TPSA) is 67.6 Å². The Morgan fingerprint density at radius 2 is 2.19 bits per heavy atom. The second kappa shape index (κ2) is 3.31. The van der Waals surface area contributed by atoms with Crippen molar-refractivity contribution in [1.82, 2.24) is 15.2 Å². The summed E-state index contributed by atoms with van der Waals surface area (Å²) in [5, 5.41) is 7.89. The number of aryl methyl sites for hydroxylation is 1. The Hall–Kier alpha value is -1.88. The lowest BCUT2D eigenvalue weighted by molar-refractivity contribution is 1.10. The summed E-state index contributed by atoms with van der Waals surface area (Å²) in [6.07, 6.45) is 0. The van der Waals surface area contributed by atoms with Crippen molar-refractivity contribution in [1.29, 1.82) is 0 Å². The molecule has 0 saturated carbocycles. The molecule has 0 atom stereocenters. The second-order valence-electron chi connectivity index (χ2n) is 3.62. The summed E-state index contributed by atoms with van der Waals surface area (Å²) in [6.45, 7) is 2.01. The molecule has 16 heavy (non-hydrogen) atoms. The minimum absolute atomic E-state index is 0.504. The Labute approximate surface area is 96.1 Å². The van der Waals surface area contributed by atoms with Crippen LogP contribution in [-0.4, -0.2) is 15.2 Å². The van der Waals surface area contributed by atoms with Gasteiger partial charge in [-0.1, -0.05) is 6.07 Å². The molecule has 0 aliphatic rings. The number of nitrogens with one attached hydrogen (secondary N) is 1. The van der Waals surface area contributed by atoms with Crippen LogP contribution in [0.15, 0.2) is 24.3 Å². The number of nitrogen functional groups attached to an aromatic ring is 1. The normalized spacial score (nSPS) is 11.1. The van der Waals surface area contributed by atoms with E-state index >= 15 is 0 Å². The van der Waals surface area contributed by atoms with Gasteiger partial charge in [0.15, 0.2) is 0 Å². The van der Waals surface area contributed by atoms with Crippen molar-refractivity contribution in [2.45, 2.75) is 6.92 Å². The molecular formula is C11H10N4S. The van der Waals surface area contributed by atoms with Crippen molar-refractivity contribution in [2.24, 2.45) is 0 Å². The van der Waals surface area contributed by atoms with Gasteiger partial charge in [-0.2, -0.15) is 5.10 Å². The summed E-state index contributed by atoms with van der Waals surface area (Å²) in [6, 6.07) is 7.99. The van der Waals surface area contributed by atoms with Gasteiger partial charge in [-0.3, -0.25) is 5.10 Å². The third-order valence-corrected chi connectivity index (χ3v) is 3.36. The fraction of sp³-hybridized carbons (Fsp3) is 0.0909. The largest absolute Gasteiger partial charge is 0.382 e. The van der Waals surface area contributed by atoms with Gasteiger partial charge in [-0.15, -0.1) is 11.3 Å². The first-order valence-electron chi connectivity index (χ1n) is 4.91. The molecule has 3 aromatic rings. The van der Waals surface area contributed by atoms with Gasteiger partial charge in [0.2, 0.25) is 0 Å². The summed E-state index contributed by atoms with van der Waals surface area (Å²) in [4.78, 5) is 4.46. The monoisotopic (exact) mass is 230 g/mol. The van der Waals surface area contributed by atoms with Crippen LogP contribution in [0.25, 0.3) is 21.5 Å². The predicted octanol–water partition coefficient (Wildman–Crippen LogP) is 2.58. The lowest BCUT2D eigenvalue weighted by Crippen LogP contribution is -1.81. The molecule has 0 amide bonds. The summed E-state index contributed by atoms with van der Waals surface area (Å²) in [7, 11) is 0. The zero-order valence-electron chi connectivity index (χ0n) is 8.69. The van der Waals surface area contributed by atoms with Gasteiger partial charge < -0.3 is 5.73 Å². The fourth-order valence-corrected chi connectivity index (χ4v) is 2.50. The highest BCUT2D eigenvalue weighted by atomic mass is 32.1. The van der Waals surface area contributed by atoms with Crippen molar-refractivity contribution in [3.63, 3.8) is 0 Å². The third kappa shape index (κ3) is 1.45. The van der Waals surface area contributed by atoms with Crippen molar-refractivity contribution < 1.29 is 0 Å². The molecule has 3 N–H and O–H groups in total. The number of nitrogens with two attached hydrogens (primary N) is 1. The number of aromatic amines is 1. The molecule has 0 aliphatic carbocycles. The smallest absolute Gasteiger partial charge is 0.145 e. The zero-order chi connectivity index (χ0) is 11.1. The van der Waals surface area contributed by atoms with Crippen molar-refractivity contribution >= 4 is 27.4 Å². The van der Waals surface area contributed by atoms with Crippen molar-refractivity contribution in [3.8, 4) is 11.3 Å². The van der Waals surface area contributed by atoms with E-state index in [1.807, 2.05) is 25.1 Å². The number of aromatic nitrogens is 3. The quantitative estimate of drug-likeness (QED) is 0.675. The summed E-state index contributed by atoms with van der Waals surface area (Å²) < 4.78 is 1.20. The molecule has 0 aliphatic heterocycles. The van der Waals surface area contributed by atoms with Gasteiger partial charge in [0.1, 0.15) is 5.82 Å². The first-order valence-corrected chi connectivity index (χ1v) is 5.72. The molecule has 0 radical (unpaired) electrons. The lowest BCUT2D eigenvalue weighted by atomic mass is 10.1. The average molecular weight is 230 g/mol. The van der Waals surface area contributed by atoms with E-state index in [0.29, 0.717) is 5.82 Å². The number of hydrogen-bond donors (Lipinski definition) is 2. The van der Waals surface area contributed by atoms with Gasteiger partial charge in [0, 0.05) is 11.6 Å². The first kappa shape index (κ1) is 9.35. The maximum atomic E-state index is 5.58. The van der Waals surface area contributed by atoms with Crippen LogP contribution in [0, 0.1) is 6.92 Å². The molecule has 80 valence electrons. The molecular weight excluding hydrogens is 220 g/mol. The molecule has 0 saturated heterocycles. The lowest BCUT2D eigenvalue weighted by Gasteiger charge is -1.95. The molecule has 2 aromatic heterocycles. The van der Waals surface area contributed by atoms with Crippen LogP contribution in [0.2, 0.25) is 0 Å². The van der Waals surface area contributed by atoms with Crippen LogP contribution >= 0.6 is 11.3 Å². The van der Waals surface area contributed by atoms with Gasteiger partial charge in [-0.25, -0.2) is 4.98 Å². The van der Waals surface area contributed by atoms with Crippen LogP contribution in [-0.2, 0) is 0 Å². The van der Waals surface area contributed by atoms with Crippen LogP contribution in [0.1, 0.15) is 5.01 Å². The van der Waals surface area contributed by atoms with E-state index in [0.717, 1.165) is 21.8 Å². The standard InChI is InChI=1S/C11H10N4S/c1-6-13-9-4-7(2-3-10(9)16-6)8-5-11(12)15-14-8/h2-5H,1H3,(H3,12,14,15). The third-order valence-electron chi connectivity index (χ3n) is 2.40. The van der Waals surface area contributed by atoms with Gasteiger partial charge in [0.25, 0.3) is 0 Å². The van der Waals surface area contributed by atoms with Crippen LogP contribution < -0.4 is 5.73 Å². The van der Waals surface area contributed by atoms with Crippen molar-refractivity contribution in [3.05, 3.63) is 29.3 Å². The van der Waals surface area contributed by atoms with Gasteiger partial charge in [-0.05, 0) is 19.1 Å². The van der Waals surface area contributed by atoms with E-state index in [9.17, 15) is 0 Å². The molecule has 0 fully saturated rings. The van der Waals surface area contributed by atoms with E-state index < -0.39 is 0 Å². The molecule has 4 nitrogen and oxygen atoms in total. The number of benzene rings is 1. The summed E-state index contributed by atoms with van der Waals surface area (Å²) in [5.74, 6) is 0.504. The molecule has 0 bridgehead atoms. The number of fused-ring (bicyclic) bond motifs is 1. The van der Waals surface area contributed by atoms with E-state index in [2.05, 4.69) is 21.2 Å². The van der Waals surface area contributed by atoms with Crippen LogP contribution in [0.5, 0.6) is 0 Å². The Kier molecular flexibility index (Phi) is 1.94. The molecule has 0 spiro atoms. The fourth-order valence-electron chi connectivity index (χ4n) is 1.70. The number of nitrogens with zero attached hydrogens (tertiary/aromatic N) is 2. The Morgan fingerprint density at radius 3 is 2.94 bits per heavy atom. The van der Waals surface area contributed by atoms with Crippen LogP contribution in [0.3, 0.4) is 0 Å². The van der Waals surface area contributed by atoms with Crippen LogP contribution in [0.4, 0.5) is 5.82 Å². The number of H-pyrrole nitrogens is 1. The highest BCUT2D eigenvalue weighted by Gasteiger charge is 2.05. The molecule has 2 heterocycles. The second-order valence-corrected chi connectivity index (χ2v) is 4.86. The number of hydrogen-bond acceptors (Lipinski definition) is 4. The molecule has 1 aromatic carbocycles. The highest BCUT2D eigenvalue weighted by molar-refractivity contribution is 7.18. The zero-order valence-corrected chi connectivity index (χ0v) is 9.51. The first-order chi connectivity index (χ1) is 7.72. The number of thiazole rings is 1. The molecule has 5 heteroatoms. The Bertz CT molecular complexity index is 653. The number of anilines is 1. The predicted molar refractivity (Wildman–Crippen MR) is 66.4 cm³/mol. The van der Waals surface area contributed by atoms with E-state index in [-0.39, 0.29) is 0 Å². The average Bonchev–Trinajstić information content (AvgIpc) is 2.81. The van der Waals surface area contributed by atoms with E-state index in [4.69, 9.17) is 5.73 Å². The van der Waals surface area contributed by atoms with Gasteiger partial charge >= 0.3 is 0 Å². The SMILES string of the molecule is Cc1nc2cc(-c3cc(N)n[nH]3)ccc2s1. The summed E-state index contributed by atoms with van der Waals surface area (Å²) >= 11 is 1.70. The van der Waals surface area contributed by atoms with E-state index in [1.54, 1.807) is 11.3 Å².